The van der Waals surface area contributed by atoms with Gasteiger partial charge in [-0.05, 0) is 12.8 Å². The van der Waals surface area contributed by atoms with Crippen LogP contribution in [0.5, 0.6) is 0 Å². The van der Waals surface area contributed by atoms with Gasteiger partial charge in [0.1, 0.15) is 0 Å². The zero-order valence-corrected chi connectivity index (χ0v) is 12.6. The van der Waals surface area contributed by atoms with Crippen molar-refractivity contribution in [2.24, 2.45) is 0 Å². The molecule has 0 aliphatic heterocycles. The van der Waals surface area contributed by atoms with Crippen molar-refractivity contribution in [2.45, 2.75) is 71.1 Å². The molecule has 0 atom stereocenters. The van der Waals surface area contributed by atoms with Crippen LogP contribution in [0.15, 0.2) is 24.3 Å². The van der Waals surface area contributed by atoms with Gasteiger partial charge in [0.2, 0.25) is 6.41 Å². The van der Waals surface area contributed by atoms with Gasteiger partial charge in [-0.1, -0.05) is 82.6 Å². The van der Waals surface area contributed by atoms with Crippen LogP contribution in [-0.2, 0) is 4.79 Å². The van der Waals surface area contributed by atoms with E-state index in [9.17, 15) is 4.79 Å². The fourth-order valence-corrected chi connectivity index (χ4v) is 2.01. The quantitative estimate of drug-likeness (QED) is 0.267. The van der Waals surface area contributed by atoms with Crippen LogP contribution in [0.1, 0.15) is 72.6 Å². The van der Waals surface area contributed by atoms with Crippen LogP contribution in [0.2, 0.25) is 0 Å². The first-order chi connectivity index (χ1) is 9.41. The number of rotatable bonds is 14. The highest BCUT2D eigenvalue weighted by Crippen LogP contribution is 2.10. The van der Waals surface area contributed by atoms with Crippen molar-refractivity contribution in [3.05, 3.63) is 24.3 Å². The Kier molecular flexibility index (Phi) is 16.0. The lowest BCUT2D eigenvalue weighted by Crippen LogP contribution is -2.08. The lowest BCUT2D eigenvalue weighted by Gasteiger charge is -2.00. The number of carbonyl (C=O) groups excluding carboxylic acids is 1. The first kappa shape index (κ1) is 17.9. The minimum atomic E-state index is 0. The van der Waals surface area contributed by atoms with E-state index in [0.717, 1.165) is 6.41 Å². The van der Waals surface area contributed by atoms with Gasteiger partial charge in [0.25, 0.3) is 0 Å². The molecule has 0 heterocycles. The Bertz CT molecular complexity index is 239. The number of carbonyl (C=O) groups is 1. The molecule has 0 spiro atoms. The summed E-state index contributed by atoms with van der Waals surface area (Å²) in [5.41, 5.74) is 0. The Hall–Kier alpha value is -1.05. The molecule has 0 aromatic rings. The molecule has 19 heavy (non-hydrogen) atoms. The van der Waals surface area contributed by atoms with E-state index in [-0.39, 0.29) is 1.43 Å². The fraction of sp³-hybridized carbons (Fsp3) is 0.706. The molecule has 0 unspecified atom stereocenters. The molecule has 112 valence electrons. The maximum atomic E-state index is 9.98. The van der Waals surface area contributed by atoms with Crippen LogP contribution in [0.4, 0.5) is 0 Å². The van der Waals surface area contributed by atoms with Gasteiger partial charge in [0.05, 0.1) is 0 Å². The zero-order valence-electron chi connectivity index (χ0n) is 12.6. The maximum absolute atomic E-state index is 9.98. The maximum Gasteiger partial charge on any atom is 0.207 e. The van der Waals surface area contributed by atoms with E-state index < -0.39 is 0 Å². The van der Waals surface area contributed by atoms with Gasteiger partial charge in [0.15, 0.2) is 0 Å². The highest BCUT2D eigenvalue weighted by molar-refractivity contribution is 5.46. The summed E-state index contributed by atoms with van der Waals surface area (Å²) in [4.78, 5) is 9.98. The second-order valence-corrected chi connectivity index (χ2v) is 5.00. The lowest BCUT2D eigenvalue weighted by molar-refractivity contribution is -0.109. The Labute approximate surface area is 120 Å². The van der Waals surface area contributed by atoms with Crippen LogP contribution in [0.3, 0.4) is 0 Å². The Balaban J connectivity index is 0. The average Bonchev–Trinajstić information content (AvgIpc) is 2.43. The monoisotopic (exact) mass is 267 g/mol. The molecule has 0 aliphatic carbocycles. The van der Waals surface area contributed by atoms with Crippen LogP contribution in [-0.4, -0.2) is 13.0 Å². The average molecular weight is 267 g/mol. The summed E-state index contributed by atoms with van der Waals surface area (Å²) in [6.45, 7) is 2.88. The van der Waals surface area contributed by atoms with Crippen molar-refractivity contribution < 1.29 is 6.22 Å². The normalized spacial score (nSPS) is 11.4. The molecule has 0 aromatic heterocycles. The van der Waals surface area contributed by atoms with Gasteiger partial charge in [-0.2, -0.15) is 0 Å². The number of allylic oxidation sites excluding steroid dienone is 3. The molecular formula is C17H33NO. The minimum Gasteiger partial charge on any atom is -0.355 e. The van der Waals surface area contributed by atoms with Gasteiger partial charge in [-0.25, -0.2) is 0 Å². The third-order valence-electron chi connectivity index (χ3n) is 3.18. The van der Waals surface area contributed by atoms with Crippen LogP contribution < -0.4 is 5.32 Å². The zero-order chi connectivity index (χ0) is 14.0. The summed E-state index contributed by atoms with van der Waals surface area (Å²) < 4.78 is 0. The second-order valence-electron chi connectivity index (χ2n) is 5.00. The van der Waals surface area contributed by atoms with E-state index in [1.165, 1.54) is 64.2 Å². The molecule has 1 amide bonds. The smallest absolute Gasteiger partial charge is 0.207 e. The van der Waals surface area contributed by atoms with E-state index in [4.69, 9.17) is 0 Å². The second kappa shape index (κ2) is 16.9. The molecule has 0 fully saturated rings. The molecule has 2 nitrogen and oxygen atoms in total. The van der Waals surface area contributed by atoms with Crippen molar-refractivity contribution >= 4 is 6.41 Å². The predicted octanol–water partition coefficient (Wildman–Crippen LogP) is 5.01. The third-order valence-corrected chi connectivity index (χ3v) is 3.18. The van der Waals surface area contributed by atoms with Crippen molar-refractivity contribution in [3.63, 3.8) is 0 Å². The molecule has 1 N–H and O–H groups in total. The van der Waals surface area contributed by atoms with E-state index in [1.54, 1.807) is 0 Å². The molecule has 0 saturated heterocycles. The van der Waals surface area contributed by atoms with E-state index >= 15 is 0 Å². The third kappa shape index (κ3) is 16.9. The fourth-order valence-electron chi connectivity index (χ4n) is 2.01. The number of hydrogen-bond donors (Lipinski definition) is 1. The number of amides is 1. The lowest BCUT2D eigenvalue weighted by atomic mass is 10.1. The van der Waals surface area contributed by atoms with Crippen molar-refractivity contribution in [1.29, 1.82) is 0 Å². The summed E-state index contributed by atoms with van der Waals surface area (Å²) in [7, 11) is 0. The highest BCUT2D eigenvalue weighted by atomic mass is 16.1. The topological polar surface area (TPSA) is 29.1 Å². The van der Waals surface area contributed by atoms with Crippen LogP contribution in [0, 0.1) is 0 Å². The SMILES string of the molecule is CCCCCCCCCCC/C=C/C=C/CNC=O.[HH]. The van der Waals surface area contributed by atoms with E-state index in [0.29, 0.717) is 6.54 Å². The Morgan fingerprint density at radius 3 is 2.05 bits per heavy atom. The van der Waals surface area contributed by atoms with Crippen molar-refractivity contribution in [1.82, 2.24) is 5.32 Å². The van der Waals surface area contributed by atoms with Gasteiger partial charge >= 0.3 is 0 Å². The van der Waals surface area contributed by atoms with Gasteiger partial charge in [-0.3, -0.25) is 4.79 Å². The first-order valence-electron chi connectivity index (χ1n) is 7.90. The van der Waals surface area contributed by atoms with E-state index in [1.807, 2.05) is 12.2 Å². The largest absolute Gasteiger partial charge is 0.355 e. The van der Waals surface area contributed by atoms with Crippen molar-refractivity contribution in [2.75, 3.05) is 6.54 Å². The number of hydrogen-bond acceptors (Lipinski definition) is 1. The number of nitrogens with one attached hydrogen (secondary N) is 1. The van der Waals surface area contributed by atoms with Gasteiger partial charge < -0.3 is 5.32 Å². The summed E-state index contributed by atoms with van der Waals surface area (Å²) in [5, 5.41) is 2.59. The molecular weight excluding hydrogens is 234 g/mol. The van der Waals surface area contributed by atoms with E-state index in [2.05, 4.69) is 24.4 Å². The standard InChI is InChI=1S/C17H31NO.H2/c1-2-3-4-5-6-7-8-9-10-11-12-13-14-15-16-18-17-19;/h12-15,17H,2-11,16H2,1H3,(H,18,19);1H/b13-12+,15-14+;. The molecule has 2 heteroatoms. The number of unbranched alkanes of at least 4 members (excludes halogenated alkanes) is 9. The molecule has 0 aliphatic rings. The van der Waals surface area contributed by atoms with Crippen molar-refractivity contribution in [3.8, 4) is 0 Å². The van der Waals surface area contributed by atoms with Gasteiger partial charge in [-0.15, -0.1) is 0 Å². The van der Waals surface area contributed by atoms with Crippen LogP contribution >= 0.6 is 0 Å². The van der Waals surface area contributed by atoms with Crippen LogP contribution in [0.25, 0.3) is 0 Å². The Morgan fingerprint density at radius 1 is 0.842 bits per heavy atom. The summed E-state index contributed by atoms with van der Waals surface area (Å²) in [5.74, 6) is 0. The summed E-state index contributed by atoms with van der Waals surface area (Å²) in [6, 6.07) is 0. The first-order valence-corrected chi connectivity index (χ1v) is 7.90. The van der Waals surface area contributed by atoms with Gasteiger partial charge in [0, 0.05) is 7.97 Å². The Morgan fingerprint density at radius 2 is 1.42 bits per heavy atom. The molecule has 0 saturated carbocycles. The summed E-state index contributed by atoms with van der Waals surface area (Å²) >= 11 is 0. The predicted molar refractivity (Wildman–Crippen MR) is 86.3 cm³/mol. The summed E-state index contributed by atoms with van der Waals surface area (Å²) in [6.07, 6.45) is 22.6. The highest BCUT2D eigenvalue weighted by Gasteiger charge is 1.90. The molecule has 0 rings (SSSR count). The molecule has 0 aromatic carbocycles. The minimum absolute atomic E-state index is 0. The molecule has 0 bridgehead atoms. The molecule has 0 radical (unpaired) electrons.